The third kappa shape index (κ3) is 6.30. The minimum atomic E-state index is -1.25. The normalized spacial score (nSPS) is 12.1. The Bertz CT molecular complexity index is 1280. The van der Waals surface area contributed by atoms with Crippen molar-refractivity contribution in [3.63, 3.8) is 0 Å². The molecule has 3 N–H and O–H groups in total. The van der Waals surface area contributed by atoms with Crippen molar-refractivity contribution in [2.75, 3.05) is 31.0 Å². The van der Waals surface area contributed by atoms with Crippen LogP contribution in [0.2, 0.25) is 0 Å². The van der Waals surface area contributed by atoms with Crippen LogP contribution in [0.25, 0.3) is 11.0 Å². The quantitative estimate of drug-likeness (QED) is 0.436. The SMILES string of the molecule is COc1ccc(N(C)c2cc(=O)oc3ccccc23)cc1NC(=O)C(CO)NC(=O)OC(C)(C)C. The molecule has 0 spiro atoms. The van der Waals surface area contributed by atoms with Gasteiger partial charge in [-0.1, -0.05) is 12.1 Å². The Kier molecular flexibility index (Phi) is 7.65. The number of methoxy groups -OCH3 is 1. The third-order valence-electron chi connectivity index (χ3n) is 5.01. The van der Waals surface area contributed by atoms with Crippen LogP contribution < -0.4 is 25.9 Å². The van der Waals surface area contributed by atoms with Gasteiger partial charge in [0.1, 0.15) is 23.0 Å². The van der Waals surface area contributed by atoms with E-state index in [0.29, 0.717) is 28.4 Å². The third-order valence-corrected chi connectivity index (χ3v) is 5.01. The molecule has 3 aromatic rings. The number of carbonyl (C=O) groups is 2. The first-order valence-electron chi connectivity index (χ1n) is 10.9. The zero-order valence-electron chi connectivity index (χ0n) is 20.2. The fourth-order valence-electron chi connectivity index (χ4n) is 3.38. The molecular weight excluding hydrogens is 454 g/mol. The Hall–Kier alpha value is -4.05. The fraction of sp³-hybridized carbons (Fsp3) is 0.320. The lowest BCUT2D eigenvalue weighted by Gasteiger charge is -2.24. The summed E-state index contributed by atoms with van der Waals surface area (Å²) in [6.45, 7) is 4.42. The van der Waals surface area contributed by atoms with E-state index in [1.54, 1.807) is 63.1 Å². The van der Waals surface area contributed by atoms with Crippen LogP contribution in [0, 0.1) is 0 Å². The Morgan fingerprint density at radius 2 is 1.86 bits per heavy atom. The van der Waals surface area contributed by atoms with E-state index in [2.05, 4.69) is 10.6 Å². The molecule has 0 aliphatic rings. The highest BCUT2D eigenvalue weighted by atomic mass is 16.6. The second-order valence-electron chi connectivity index (χ2n) is 8.76. The number of hydrogen-bond acceptors (Lipinski definition) is 8. The lowest BCUT2D eigenvalue weighted by Crippen LogP contribution is -2.47. The maximum Gasteiger partial charge on any atom is 0.408 e. The van der Waals surface area contributed by atoms with E-state index in [1.165, 1.54) is 13.2 Å². The molecule has 1 atom stereocenters. The van der Waals surface area contributed by atoms with Crippen molar-refractivity contribution in [1.29, 1.82) is 0 Å². The van der Waals surface area contributed by atoms with Gasteiger partial charge < -0.3 is 34.5 Å². The number of nitrogens with one attached hydrogen (secondary N) is 2. The van der Waals surface area contributed by atoms with E-state index in [1.807, 2.05) is 12.1 Å². The minimum absolute atomic E-state index is 0.304. The molecule has 1 heterocycles. The number of aliphatic hydroxyl groups excluding tert-OH is 1. The van der Waals surface area contributed by atoms with E-state index in [4.69, 9.17) is 13.9 Å². The molecule has 0 bridgehead atoms. The number of fused-ring (bicyclic) bond motifs is 1. The second kappa shape index (κ2) is 10.5. The monoisotopic (exact) mass is 483 g/mol. The van der Waals surface area contributed by atoms with Crippen molar-refractivity contribution in [2.24, 2.45) is 0 Å². The zero-order valence-corrected chi connectivity index (χ0v) is 20.2. The van der Waals surface area contributed by atoms with Gasteiger partial charge in [-0.2, -0.15) is 0 Å². The summed E-state index contributed by atoms with van der Waals surface area (Å²) in [5.41, 5.74) is 0.742. The Morgan fingerprint density at radius 1 is 1.14 bits per heavy atom. The van der Waals surface area contributed by atoms with E-state index >= 15 is 0 Å². The maximum absolute atomic E-state index is 12.8. The highest BCUT2D eigenvalue weighted by Gasteiger charge is 2.25. The van der Waals surface area contributed by atoms with Gasteiger partial charge >= 0.3 is 11.7 Å². The van der Waals surface area contributed by atoms with E-state index < -0.39 is 35.9 Å². The molecule has 10 heteroatoms. The number of aliphatic hydroxyl groups is 1. The number of benzene rings is 2. The molecule has 0 aliphatic carbocycles. The van der Waals surface area contributed by atoms with Crippen LogP contribution in [-0.4, -0.2) is 49.5 Å². The van der Waals surface area contributed by atoms with Gasteiger partial charge in [0.25, 0.3) is 0 Å². The molecule has 2 amide bonds. The molecule has 10 nitrogen and oxygen atoms in total. The predicted octanol–water partition coefficient (Wildman–Crippen LogP) is 3.39. The highest BCUT2D eigenvalue weighted by molar-refractivity contribution is 5.99. The van der Waals surface area contributed by atoms with Crippen LogP contribution in [0.15, 0.2) is 57.7 Å². The summed E-state index contributed by atoms with van der Waals surface area (Å²) >= 11 is 0. The van der Waals surface area contributed by atoms with Gasteiger partial charge in [0.15, 0.2) is 0 Å². The van der Waals surface area contributed by atoms with Crippen LogP contribution in [0.1, 0.15) is 20.8 Å². The van der Waals surface area contributed by atoms with Crippen molar-refractivity contribution in [3.05, 3.63) is 59.0 Å². The van der Waals surface area contributed by atoms with E-state index in [0.717, 1.165) is 5.39 Å². The fourth-order valence-corrected chi connectivity index (χ4v) is 3.38. The van der Waals surface area contributed by atoms with Crippen molar-refractivity contribution in [3.8, 4) is 5.75 Å². The van der Waals surface area contributed by atoms with Crippen LogP contribution in [0.5, 0.6) is 5.75 Å². The minimum Gasteiger partial charge on any atom is -0.495 e. The van der Waals surface area contributed by atoms with Crippen LogP contribution in [0.4, 0.5) is 21.9 Å². The predicted molar refractivity (Wildman–Crippen MR) is 132 cm³/mol. The average Bonchev–Trinajstić information content (AvgIpc) is 2.80. The van der Waals surface area contributed by atoms with Gasteiger partial charge in [-0.25, -0.2) is 9.59 Å². The Balaban J connectivity index is 1.88. The molecule has 0 aliphatic heterocycles. The largest absolute Gasteiger partial charge is 0.495 e. The van der Waals surface area contributed by atoms with Gasteiger partial charge in [-0.3, -0.25) is 4.79 Å². The molecule has 2 aromatic carbocycles. The Morgan fingerprint density at radius 3 is 2.51 bits per heavy atom. The summed E-state index contributed by atoms with van der Waals surface area (Å²) in [7, 11) is 3.22. The average molecular weight is 484 g/mol. The highest BCUT2D eigenvalue weighted by Crippen LogP contribution is 2.34. The molecule has 186 valence electrons. The van der Waals surface area contributed by atoms with Gasteiger partial charge in [0.2, 0.25) is 5.91 Å². The molecule has 1 aromatic heterocycles. The van der Waals surface area contributed by atoms with Crippen molar-refractivity contribution >= 4 is 40.0 Å². The van der Waals surface area contributed by atoms with Gasteiger partial charge in [0.05, 0.1) is 25.1 Å². The number of anilines is 3. The number of ether oxygens (including phenoxy) is 2. The lowest BCUT2D eigenvalue weighted by molar-refractivity contribution is -0.119. The second-order valence-corrected chi connectivity index (χ2v) is 8.76. The van der Waals surface area contributed by atoms with E-state index in [9.17, 15) is 19.5 Å². The summed E-state index contributed by atoms with van der Waals surface area (Å²) in [6, 6.07) is 12.4. The van der Waals surface area contributed by atoms with E-state index in [-0.39, 0.29) is 0 Å². The molecule has 0 saturated heterocycles. The van der Waals surface area contributed by atoms with Crippen LogP contribution in [0.3, 0.4) is 0 Å². The van der Waals surface area contributed by atoms with Crippen molar-refractivity contribution in [1.82, 2.24) is 5.32 Å². The van der Waals surface area contributed by atoms with Crippen molar-refractivity contribution in [2.45, 2.75) is 32.4 Å². The molecule has 0 saturated carbocycles. The number of rotatable bonds is 7. The summed E-state index contributed by atoms with van der Waals surface area (Å²) in [6.07, 6.45) is -0.832. The molecule has 1 unspecified atom stereocenters. The first-order chi connectivity index (χ1) is 16.5. The summed E-state index contributed by atoms with van der Waals surface area (Å²) in [5.74, 6) is -0.302. The maximum atomic E-state index is 12.8. The number of nitrogens with zero attached hydrogens (tertiary/aromatic N) is 1. The van der Waals surface area contributed by atoms with Crippen LogP contribution >= 0.6 is 0 Å². The first-order valence-corrected chi connectivity index (χ1v) is 10.9. The zero-order chi connectivity index (χ0) is 25.8. The number of alkyl carbamates (subject to hydrolysis) is 1. The summed E-state index contributed by atoms with van der Waals surface area (Å²) in [4.78, 5) is 38.7. The smallest absolute Gasteiger partial charge is 0.408 e. The van der Waals surface area contributed by atoms with Crippen molar-refractivity contribution < 1.29 is 28.6 Å². The van der Waals surface area contributed by atoms with Crippen LogP contribution in [-0.2, 0) is 9.53 Å². The number of para-hydroxylation sites is 1. The summed E-state index contributed by atoms with van der Waals surface area (Å²) in [5, 5.41) is 15.4. The number of carbonyl (C=O) groups excluding carboxylic acids is 2. The van der Waals surface area contributed by atoms with Gasteiger partial charge in [0, 0.05) is 24.2 Å². The van der Waals surface area contributed by atoms with Gasteiger partial charge in [-0.15, -0.1) is 0 Å². The Labute approximate surface area is 202 Å². The lowest BCUT2D eigenvalue weighted by atomic mass is 10.1. The number of hydrogen-bond donors (Lipinski definition) is 3. The number of amides is 2. The molecule has 3 rings (SSSR count). The molecule has 35 heavy (non-hydrogen) atoms. The topological polar surface area (TPSA) is 130 Å². The summed E-state index contributed by atoms with van der Waals surface area (Å²) < 4.78 is 15.8. The standard InChI is InChI=1S/C25H29N3O7/c1-25(2,3)35-24(32)27-18(14-29)23(31)26-17-12-15(10-11-21(17)33-5)28(4)19-13-22(30)34-20-9-7-6-8-16(19)20/h6-13,18,29H,14H2,1-5H3,(H,26,31)(H,27,32). The first kappa shape index (κ1) is 25.6. The molecular formula is C25H29N3O7. The molecule has 0 radical (unpaired) electrons. The molecule has 0 fully saturated rings. The van der Waals surface area contributed by atoms with Gasteiger partial charge in [-0.05, 0) is 51.1 Å².